The average Bonchev–Trinajstić information content (AvgIpc) is 3.74. The Morgan fingerprint density at radius 3 is 2.39 bits per heavy atom. The number of piperidine rings is 1. The maximum Gasteiger partial charge on any atom is 0.253 e. The number of carbonyl (C=O) groups is 2. The number of para-hydroxylation sites is 1. The number of ether oxygens (including phenoxy) is 1. The van der Waals surface area contributed by atoms with E-state index in [1.165, 1.54) is 0 Å². The van der Waals surface area contributed by atoms with E-state index in [0.717, 1.165) is 33.4 Å². The first kappa shape index (κ1) is 26.0. The monoisotopic (exact) mass is 581 g/mol. The second-order valence-corrected chi connectivity index (χ2v) is 11.3. The van der Waals surface area contributed by atoms with Gasteiger partial charge in [0.1, 0.15) is 17.0 Å². The van der Waals surface area contributed by atoms with E-state index in [4.69, 9.17) is 9.84 Å². The van der Waals surface area contributed by atoms with Crippen LogP contribution in [0, 0.1) is 0 Å². The van der Waals surface area contributed by atoms with E-state index >= 15 is 0 Å². The molecule has 0 radical (unpaired) electrons. The van der Waals surface area contributed by atoms with Gasteiger partial charge in [0.2, 0.25) is 0 Å². The van der Waals surface area contributed by atoms with Gasteiger partial charge in [-0.3, -0.25) is 9.59 Å². The summed E-state index contributed by atoms with van der Waals surface area (Å²) in [7, 11) is 0. The van der Waals surface area contributed by atoms with Crippen molar-refractivity contribution in [1.29, 1.82) is 0 Å². The molecule has 4 aromatic carbocycles. The number of nitrogens with zero attached hydrogens (tertiary/aromatic N) is 6. The first-order valence-electron chi connectivity index (χ1n) is 14.6. The second kappa shape index (κ2) is 10.3. The van der Waals surface area contributed by atoms with Gasteiger partial charge in [-0.2, -0.15) is 5.10 Å². The number of amides is 1. The number of hydrogen-bond acceptors (Lipinski definition) is 7. The highest BCUT2D eigenvalue weighted by Crippen LogP contribution is 2.41. The van der Waals surface area contributed by atoms with E-state index < -0.39 is 5.60 Å². The number of Topliss-reactive ketones (excluding diaryl/α,β-unsaturated/α-hetero) is 1. The van der Waals surface area contributed by atoms with Crippen molar-refractivity contribution in [3.05, 3.63) is 108 Å². The number of fused-ring (bicyclic) bond motifs is 2. The molecule has 2 aliphatic heterocycles. The van der Waals surface area contributed by atoms with Crippen LogP contribution in [-0.4, -0.2) is 65.7 Å². The number of aromatic amines is 1. The number of tetrazole rings is 1. The van der Waals surface area contributed by atoms with Gasteiger partial charge in [0.25, 0.3) is 5.91 Å². The van der Waals surface area contributed by atoms with Crippen LogP contribution < -0.4 is 4.74 Å². The fourth-order valence-corrected chi connectivity index (χ4v) is 6.32. The smallest absolute Gasteiger partial charge is 0.253 e. The highest BCUT2D eigenvalue weighted by atomic mass is 16.5. The molecule has 8 rings (SSSR count). The Kier molecular flexibility index (Phi) is 6.07. The van der Waals surface area contributed by atoms with Crippen molar-refractivity contribution in [3.8, 4) is 34.1 Å². The fraction of sp³-hybridized carbons (Fsp3) is 0.176. The molecular weight excluding hydrogens is 554 g/mol. The summed E-state index contributed by atoms with van der Waals surface area (Å²) in [5, 5.41) is 19.8. The second-order valence-electron chi connectivity index (χ2n) is 11.3. The Morgan fingerprint density at radius 2 is 1.64 bits per heavy atom. The molecule has 44 heavy (non-hydrogen) atoms. The largest absolute Gasteiger partial charge is 0.486 e. The molecule has 10 nitrogen and oxygen atoms in total. The fourth-order valence-electron chi connectivity index (χ4n) is 6.32. The average molecular weight is 582 g/mol. The summed E-state index contributed by atoms with van der Waals surface area (Å²) in [6.07, 6.45) is 1.41. The summed E-state index contributed by atoms with van der Waals surface area (Å²) in [5.74, 6) is 1.03. The summed E-state index contributed by atoms with van der Waals surface area (Å²) < 4.78 is 8.38. The van der Waals surface area contributed by atoms with E-state index in [2.05, 4.69) is 20.6 Å². The molecule has 0 atom stereocenters. The Labute approximate surface area is 252 Å². The molecule has 10 heteroatoms. The molecule has 1 N–H and O–H groups in total. The topological polar surface area (TPSA) is 119 Å². The van der Waals surface area contributed by atoms with Crippen LogP contribution in [0.15, 0.2) is 97.1 Å². The maximum atomic E-state index is 13.8. The van der Waals surface area contributed by atoms with Gasteiger partial charge < -0.3 is 9.64 Å². The predicted molar refractivity (Wildman–Crippen MR) is 164 cm³/mol. The predicted octanol–water partition coefficient (Wildman–Crippen LogP) is 5.51. The van der Waals surface area contributed by atoms with Gasteiger partial charge in [-0.05, 0) is 59.0 Å². The van der Waals surface area contributed by atoms with Crippen molar-refractivity contribution in [2.45, 2.75) is 24.9 Å². The van der Waals surface area contributed by atoms with Gasteiger partial charge in [0.05, 0.1) is 23.2 Å². The van der Waals surface area contributed by atoms with Crippen molar-refractivity contribution in [2.24, 2.45) is 0 Å². The summed E-state index contributed by atoms with van der Waals surface area (Å²) in [6, 6.07) is 31.3. The number of carbonyl (C=O) groups excluding carboxylic acids is 2. The highest BCUT2D eigenvalue weighted by Gasteiger charge is 2.44. The van der Waals surface area contributed by atoms with Crippen LogP contribution in [0.2, 0.25) is 0 Å². The van der Waals surface area contributed by atoms with Crippen molar-refractivity contribution in [3.63, 3.8) is 0 Å². The molecule has 0 bridgehead atoms. The Morgan fingerprint density at radius 1 is 0.864 bits per heavy atom. The minimum atomic E-state index is -0.628. The zero-order valence-electron chi connectivity index (χ0n) is 23.7. The lowest BCUT2D eigenvalue weighted by Gasteiger charge is -2.44. The number of benzene rings is 4. The molecule has 0 unspecified atom stereocenters. The minimum absolute atomic E-state index is 0.0224. The minimum Gasteiger partial charge on any atom is -0.486 e. The zero-order chi connectivity index (χ0) is 29.7. The number of ketones is 1. The first-order valence-corrected chi connectivity index (χ1v) is 14.6. The van der Waals surface area contributed by atoms with E-state index in [-0.39, 0.29) is 18.1 Å². The van der Waals surface area contributed by atoms with Gasteiger partial charge in [-0.15, -0.1) is 5.10 Å². The lowest BCUT2D eigenvalue weighted by molar-refractivity contribution is -0.00569. The van der Waals surface area contributed by atoms with E-state index in [1.54, 1.807) is 12.1 Å². The summed E-state index contributed by atoms with van der Waals surface area (Å²) in [6.45, 7) is 0.989. The van der Waals surface area contributed by atoms with Crippen LogP contribution in [0.5, 0.6) is 5.75 Å². The third-order valence-electron chi connectivity index (χ3n) is 8.65. The molecular formula is C34H27N7O3. The van der Waals surface area contributed by atoms with Crippen LogP contribution in [0.1, 0.15) is 40.0 Å². The molecule has 0 aliphatic carbocycles. The van der Waals surface area contributed by atoms with Crippen molar-refractivity contribution < 1.29 is 14.3 Å². The third-order valence-corrected chi connectivity index (χ3v) is 8.65. The number of likely N-dealkylation sites (tertiary alicyclic amines) is 1. The molecule has 2 aliphatic rings. The van der Waals surface area contributed by atoms with Crippen molar-refractivity contribution in [1.82, 2.24) is 35.3 Å². The number of aromatic nitrogens is 6. The first-order chi connectivity index (χ1) is 21.6. The summed E-state index contributed by atoms with van der Waals surface area (Å²) in [4.78, 5) is 28.9. The van der Waals surface area contributed by atoms with Gasteiger partial charge in [0, 0.05) is 48.0 Å². The molecule has 1 fully saturated rings. The quantitative estimate of drug-likeness (QED) is 0.291. The summed E-state index contributed by atoms with van der Waals surface area (Å²) in [5.41, 5.74) is 4.90. The Balaban J connectivity index is 1.05. The van der Waals surface area contributed by atoms with Gasteiger partial charge >= 0.3 is 0 Å². The van der Waals surface area contributed by atoms with Crippen LogP contribution in [0.25, 0.3) is 39.2 Å². The maximum absolute atomic E-state index is 13.8. The van der Waals surface area contributed by atoms with E-state index in [0.29, 0.717) is 48.6 Å². The standard InChI is InChI=1S/C34H27N7O3/c42-29-21-34(44-30-14-12-23(19-27(29)30)32-35-38-39-36-32)15-17-40(18-16-34)33(43)24-11-13-26-28(20-24)41(25-9-5-2-6-10-25)37-31(26)22-7-3-1-4-8-22/h1-14,19-20H,15-18,21H2,(H,35,36,38,39). The number of hydrogen-bond donors (Lipinski definition) is 1. The number of H-pyrrole nitrogens is 1. The lowest BCUT2D eigenvalue weighted by atomic mass is 9.82. The van der Waals surface area contributed by atoms with Gasteiger partial charge in [-0.25, -0.2) is 9.78 Å². The SMILES string of the molecule is O=C1CC2(CCN(C(=O)c3ccc4c(-c5ccccc5)nn(-c5ccccc5)c4c3)CC2)Oc2ccc(-c3nnn[nH]3)cc21. The lowest BCUT2D eigenvalue weighted by Crippen LogP contribution is -2.52. The molecule has 1 saturated heterocycles. The van der Waals surface area contributed by atoms with Gasteiger partial charge in [-0.1, -0.05) is 48.5 Å². The molecule has 0 saturated carbocycles. The molecule has 2 aromatic heterocycles. The van der Waals surface area contributed by atoms with E-state index in [1.807, 2.05) is 94.5 Å². The zero-order valence-corrected chi connectivity index (χ0v) is 23.7. The van der Waals surface area contributed by atoms with Crippen molar-refractivity contribution >= 4 is 22.6 Å². The normalized spacial score (nSPS) is 15.7. The highest BCUT2D eigenvalue weighted by molar-refractivity contribution is 6.02. The van der Waals surface area contributed by atoms with Crippen molar-refractivity contribution in [2.75, 3.05) is 13.1 Å². The summed E-state index contributed by atoms with van der Waals surface area (Å²) >= 11 is 0. The van der Waals surface area contributed by atoms with E-state index in [9.17, 15) is 9.59 Å². The molecule has 216 valence electrons. The van der Waals surface area contributed by atoms with Crippen LogP contribution >= 0.6 is 0 Å². The number of rotatable bonds is 4. The third kappa shape index (κ3) is 4.43. The Hall–Kier alpha value is -5.64. The van der Waals surface area contributed by atoms with Crippen LogP contribution in [0.4, 0.5) is 0 Å². The molecule has 1 amide bonds. The molecule has 6 aromatic rings. The molecule has 1 spiro atoms. The van der Waals surface area contributed by atoms with Gasteiger partial charge in [0.15, 0.2) is 11.6 Å². The van der Waals surface area contributed by atoms with Crippen LogP contribution in [-0.2, 0) is 0 Å². The Bertz CT molecular complexity index is 2010. The number of nitrogens with one attached hydrogen (secondary N) is 1. The molecule has 4 heterocycles. The van der Waals surface area contributed by atoms with Crippen LogP contribution in [0.3, 0.4) is 0 Å².